The molecule has 1 aromatic carbocycles. The fourth-order valence-corrected chi connectivity index (χ4v) is 3.44. The maximum absolute atomic E-state index is 12.0. The molecule has 0 radical (unpaired) electrons. The molecule has 1 aliphatic rings. The molecule has 21 heavy (non-hydrogen) atoms. The van der Waals surface area contributed by atoms with Crippen LogP contribution in [0.5, 0.6) is 0 Å². The van der Waals surface area contributed by atoms with Gasteiger partial charge in [-0.15, -0.1) is 0 Å². The first-order chi connectivity index (χ1) is 9.84. The van der Waals surface area contributed by atoms with Gasteiger partial charge in [-0.3, -0.25) is 9.59 Å². The van der Waals surface area contributed by atoms with Gasteiger partial charge in [-0.2, -0.15) is 0 Å². The largest absolute Gasteiger partial charge is 0.469 e. The molecule has 0 saturated carbocycles. The number of hydrogen-bond donors (Lipinski definition) is 1. The molecule has 1 aromatic rings. The molecule has 0 saturated heterocycles. The minimum atomic E-state index is -1.21. The van der Waals surface area contributed by atoms with Crippen LogP contribution in [-0.2, 0) is 26.3 Å². The van der Waals surface area contributed by atoms with Crippen molar-refractivity contribution in [3.63, 3.8) is 0 Å². The number of benzene rings is 1. The molecule has 0 amide bonds. The number of aliphatic hydroxyl groups is 1. The SMILES string of the molecule is COC(=O)CC(=O)C[C@]1(O)CC(C)Cc2ccc(Br)cc21. The molecular weight excluding hydrogens is 336 g/mol. The molecule has 114 valence electrons. The van der Waals surface area contributed by atoms with Crippen molar-refractivity contribution in [3.05, 3.63) is 33.8 Å². The Bertz CT molecular complexity index is 569. The predicted octanol–water partition coefficient (Wildman–Crippen LogP) is 2.74. The predicted molar refractivity (Wildman–Crippen MR) is 81.8 cm³/mol. The third-order valence-corrected chi connectivity index (χ3v) is 4.38. The van der Waals surface area contributed by atoms with Crippen LogP contribution < -0.4 is 0 Å². The van der Waals surface area contributed by atoms with Crippen LogP contribution >= 0.6 is 15.9 Å². The van der Waals surface area contributed by atoms with E-state index in [-0.39, 0.29) is 24.5 Å². The van der Waals surface area contributed by atoms with E-state index >= 15 is 0 Å². The quantitative estimate of drug-likeness (QED) is 0.666. The first-order valence-corrected chi connectivity index (χ1v) is 7.73. The molecule has 0 fully saturated rings. The molecule has 0 aromatic heterocycles. The Labute approximate surface area is 132 Å². The second-order valence-electron chi connectivity index (χ2n) is 5.81. The molecule has 5 heteroatoms. The van der Waals surface area contributed by atoms with E-state index in [1.807, 2.05) is 18.2 Å². The monoisotopic (exact) mass is 354 g/mol. The fraction of sp³-hybridized carbons (Fsp3) is 0.500. The Balaban J connectivity index is 2.27. The van der Waals surface area contributed by atoms with Crippen molar-refractivity contribution in [2.24, 2.45) is 5.92 Å². The third-order valence-electron chi connectivity index (χ3n) is 3.89. The maximum atomic E-state index is 12.0. The molecule has 1 aliphatic carbocycles. The van der Waals surface area contributed by atoms with Crippen LogP contribution in [0.15, 0.2) is 22.7 Å². The van der Waals surface area contributed by atoms with Crippen LogP contribution in [0.2, 0.25) is 0 Å². The van der Waals surface area contributed by atoms with E-state index in [4.69, 9.17) is 0 Å². The summed E-state index contributed by atoms with van der Waals surface area (Å²) < 4.78 is 5.37. The lowest BCUT2D eigenvalue weighted by molar-refractivity contribution is -0.144. The maximum Gasteiger partial charge on any atom is 0.313 e. The van der Waals surface area contributed by atoms with Gasteiger partial charge in [-0.05, 0) is 42.0 Å². The average molecular weight is 355 g/mol. The van der Waals surface area contributed by atoms with Crippen LogP contribution in [0, 0.1) is 5.92 Å². The van der Waals surface area contributed by atoms with Gasteiger partial charge in [0.05, 0.1) is 12.7 Å². The lowest BCUT2D eigenvalue weighted by atomic mass is 9.72. The lowest BCUT2D eigenvalue weighted by Crippen LogP contribution is -2.36. The molecule has 1 unspecified atom stereocenters. The number of Topliss-reactive ketones (excluding diaryl/α,β-unsaturated/α-hetero) is 1. The van der Waals surface area contributed by atoms with E-state index < -0.39 is 11.6 Å². The van der Waals surface area contributed by atoms with Gasteiger partial charge in [0.15, 0.2) is 0 Å². The van der Waals surface area contributed by atoms with Crippen LogP contribution in [0.1, 0.15) is 37.3 Å². The minimum absolute atomic E-state index is 0.0596. The average Bonchev–Trinajstić information content (AvgIpc) is 2.39. The van der Waals surface area contributed by atoms with E-state index in [1.165, 1.54) is 7.11 Å². The second kappa shape index (κ2) is 6.28. The summed E-state index contributed by atoms with van der Waals surface area (Å²) in [6.45, 7) is 2.06. The Morgan fingerprint density at radius 3 is 2.86 bits per heavy atom. The van der Waals surface area contributed by atoms with E-state index in [1.54, 1.807) is 0 Å². The summed E-state index contributed by atoms with van der Waals surface area (Å²) in [4.78, 5) is 23.2. The van der Waals surface area contributed by atoms with Gasteiger partial charge in [0.1, 0.15) is 12.2 Å². The lowest BCUT2D eigenvalue weighted by Gasteiger charge is -2.37. The van der Waals surface area contributed by atoms with E-state index in [0.29, 0.717) is 6.42 Å². The Morgan fingerprint density at radius 2 is 2.19 bits per heavy atom. The molecular formula is C16H19BrO4. The van der Waals surface area contributed by atoms with Gasteiger partial charge in [-0.1, -0.05) is 28.9 Å². The van der Waals surface area contributed by atoms with Crippen molar-refractivity contribution in [1.29, 1.82) is 0 Å². The summed E-state index contributed by atoms with van der Waals surface area (Å²) in [5.74, 6) is -0.582. The highest BCUT2D eigenvalue weighted by Crippen LogP contribution is 2.41. The Hall–Kier alpha value is -1.20. The van der Waals surface area contributed by atoms with Crippen molar-refractivity contribution in [2.75, 3.05) is 7.11 Å². The number of rotatable bonds is 4. The summed E-state index contributed by atoms with van der Waals surface area (Å²) in [6, 6.07) is 5.78. The third kappa shape index (κ3) is 3.71. The second-order valence-corrected chi connectivity index (χ2v) is 6.73. The number of halogens is 1. The van der Waals surface area contributed by atoms with Crippen molar-refractivity contribution in [3.8, 4) is 0 Å². The van der Waals surface area contributed by atoms with Gasteiger partial charge in [0.2, 0.25) is 0 Å². The highest BCUT2D eigenvalue weighted by atomic mass is 79.9. The number of carbonyl (C=O) groups excluding carboxylic acids is 2. The zero-order valence-electron chi connectivity index (χ0n) is 12.2. The van der Waals surface area contributed by atoms with Gasteiger partial charge in [0, 0.05) is 10.9 Å². The first-order valence-electron chi connectivity index (χ1n) is 6.94. The summed E-state index contributed by atoms with van der Waals surface area (Å²) in [5.41, 5.74) is 0.639. The van der Waals surface area contributed by atoms with Gasteiger partial charge in [-0.25, -0.2) is 0 Å². The number of ether oxygens (including phenoxy) is 1. The first kappa shape index (κ1) is 16.2. The number of carbonyl (C=O) groups is 2. The standard InChI is InChI=1S/C16H19BrO4/c1-10-5-11-3-4-12(17)6-14(11)16(20,8-10)9-13(18)7-15(19)21-2/h3-4,6,10,20H,5,7-9H2,1-2H3/t10?,16-/m1/s1. The molecule has 0 heterocycles. The van der Waals surface area contributed by atoms with Crippen molar-refractivity contribution in [1.82, 2.24) is 0 Å². The summed E-state index contributed by atoms with van der Waals surface area (Å²) in [7, 11) is 1.25. The van der Waals surface area contributed by atoms with Gasteiger partial charge < -0.3 is 9.84 Å². The number of esters is 1. The summed E-state index contributed by atoms with van der Waals surface area (Å²) in [5, 5.41) is 11.0. The highest BCUT2D eigenvalue weighted by Gasteiger charge is 2.39. The van der Waals surface area contributed by atoms with Crippen LogP contribution in [0.3, 0.4) is 0 Å². The molecule has 4 nitrogen and oxygen atoms in total. The molecule has 0 aliphatic heterocycles. The van der Waals surface area contributed by atoms with E-state index in [0.717, 1.165) is 22.0 Å². The summed E-state index contributed by atoms with van der Waals surface area (Å²) >= 11 is 3.40. The molecule has 1 N–H and O–H groups in total. The van der Waals surface area contributed by atoms with Crippen LogP contribution in [0.4, 0.5) is 0 Å². The summed E-state index contributed by atoms with van der Waals surface area (Å²) in [6.07, 6.45) is 1.05. The smallest absolute Gasteiger partial charge is 0.313 e. The topological polar surface area (TPSA) is 63.6 Å². The Kier molecular flexibility index (Phi) is 4.84. The van der Waals surface area contributed by atoms with Gasteiger partial charge >= 0.3 is 5.97 Å². The van der Waals surface area contributed by atoms with Crippen molar-refractivity contribution in [2.45, 2.75) is 38.2 Å². The van der Waals surface area contributed by atoms with Gasteiger partial charge in [0.25, 0.3) is 0 Å². The van der Waals surface area contributed by atoms with Crippen LogP contribution in [-0.4, -0.2) is 24.0 Å². The zero-order valence-corrected chi connectivity index (χ0v) is 13.8. The molecule has 2 rings (SSSR count). The number of ketones is 1. The number of methoxy groups -OCH3 is 1. The highest BCUT2D eigenvalue weighted by molar-refractivity contribution is 9.10. The zero-order chi connectivity index (χ0) is 15.6. The van der Waals surface area contributed by atoms with Crippen LogP contribution in [0.25, 0.3) is 0 Å². The molecule has 0 spiro atoms. The van der Waals surface area contributed by atoms with E-state index in [2.05, 4.69) is 27.6 Å². The van der Waals surface area contributed by atoms with Crippen molar-refractivity contribution < 1.29 is 19.4 Å². The normalized spacial score (nSPS) is 24.3. The molecule has 2 atom stereocenters. The Morgan fingerprint density at radius 1 is 1.48 bits per heavy atom. The molecule has 0 bridgehead atoms. The van der Waals surface area contributed by atoms with E-state index in [9.17, 15) is 14.7 Å². The number of fused-ring (bicyclic) bond motifs is 1. The fourth-order valence-electron chi connectivity index (χ4n) is 3.08. The number of hydrogen-bond acceptors (Lipinski definition) is 4. The van der Waals surface area contributed by atoms with Crippen molar-refractivity contribution >= 4 is 27.7 Å². The minimum Gasteiger partial charge on any atom is -0.469 e.